The Balaban J connectivity index is 1.96. The monoisotopic (exact) mass is 281 g/mol. The lowest BCUT2D eigenvalue weighted by molar-refractivity contribution is -0.137. The maximum absolute atomic E-state index is 12.7. The lowest BCUT2D eigenvalue weighted by Crippen LogP contribution is -2.54. The highest BCUT2D eigenvalue weighted by atomic mass is 16.2. The van der Waals surface area contributed by atoms with Gasteiger partial charge in [0.05, 0.1) is 5.41 Å². The van der Waals surface area contributed by atoms with Crippen LogP contribution in [-0.4, -0.2) is 49.4 Å². The molecule has 2 N–H and O–H groups in total. The number of carbonyl (C=O) groups excluding carboxylic acids is 2. The average Bonchev–Trinajstić information content (AvgIpc) is 2.44. The molecule has 0 aromatic rings. The molecule has 2 rings (SSSR count). The van der Waals surface area contributed by atoms with Crippen LogP contribution >= 0.6 is 0 Å². The Morgan fingerprint density at radius 1 is 1.45 bits per heavy atom. The van der Waals surface area contributed by atoms with Crippen molar-refractivity contribution in [2.24, 2.45) is 5.41 Å². The van der Waals surface area contributed by atoms with Crippen molar-refractivity contribution in [3.63, 3.8) is 0 Å². The molecule has 0 radical (unpaired) electrons. The molecular weight excluding hydrogens is 254 g/mol. The van der Waals surface area contributed by atoms with Crippen LogP contribution in [0.1, 0.15) is 45.4 Å². The Kier molecular flexibility index (Phi) is 5.02. The molecule has 1 atom stereocenters. The van der Waals surface area contributed by atoms with Crippen molar-refractivity contribution in [1.29, 1.82) is 0 Å². The summed E-state index contributed by atoms with van der Waals surface area (Å²) >= 11 is 0. The molecule has 1 unspecified atom stereocenters. The van der Waals surface area contributed by atoms with E-state index >= 15 is 0 Å². The number of nitrogens with one attached hydrogen (secondary N) is 2. The zero-order valence-electron chi connectivity index (χ0n) is 12.7. The Morgan fingerprint density at radius 2 is 2.15 bits per heavy atom. The first-order valence-electron chi connectivity index (χ1n) is 7.83. The largest absolute Gasteiger partial charge is 0.351 e. The van der Waals surface area contributed by atoms with Crippen molar-refractivity contribution >= 4 is 11.8 Å². The van der Waals surface area contributed by atoms with Crippen molar-refractivity contribution in [3.05, 3.63) is 0 Å². The lowest BCUT2D eigenvalue weighted by Gasteiger charge is -2.38. The molecule has 0 bridgehead atoms. The number of likely N-dealkylation sites (N-methyl/N-ethyl adjacent to an activating group) is 1. The van der Waals surface area contributed by atoms with Crippen LogP contribution in [0.5, 0.6) is 0 Å². The van der Waals surface area contributed by atoms with Crippen molar-refractivity contribution in [2.75, 3.05) is 26.7 Å². The summed E-state index contributed by atoms with van der Waals surface area (Å²) in [5, 5.41) is 6.54. The van der Waals surface area contributed by atoms with Crippen LogP contribution in [0.2, 0.25) is 0 Å². The van der Waals surface area contributed by atoms with Gasteiger partial charge in [-0.1, -0.05) is 13.3 Å². The zero-order chi connectivity index (χ0) is 14.6. The number of rotatable bonds is 4. The number of piperidine rings is 2. The first-order chi connectivity index (χ1) is 9.57. The van der Waals surface area contributed by atoms with E-state index in [1.807, 2.05) is 7.05 Å². The first-order valence-corrected chi connectivity index (χ1v) is 7.83. The van der Waals surface area contributed by atoms with Gasteiger partial charge in [-0.05, 0) is 38.8 Å². The molecular formula is C15H27N3O2. The van der Waals surface area contributed by atoms with Gasteiger partial charge in [-0.3, -0.25) is 9.59 Å². The summed E-state index contributed by atoms with van der Waals surface area (Å²) < 4.78 is 0. The molecule has 0 aromatic carbocycles. The van der Waals surface area contributed by atoms with E-state index in [4.69, 9.17) is 0 Å². The fourth-order valence-electron chi connectivity index (χ4n) is 3.44. The van der Waals surface area contributed by atoms with Gasteiger partial charge in [0.1, 0.15) is 0 Å². The van der Waals surface area contributed by atoms with Gasteiger partial charge in [0.2, 0.25) is 11.8 Å². The summed E-state index contributed by atoms with van der Waals surface area (Å²) in [4.78, 5) is 25.9. The van der Waals surface area contributed by atoms with Gasteiger partial charge in [-0.25, -0.2) is 0 Å². The second kappa shape index (κ2) is 6.57. The van der Waals surface area contributed by atoms with Crippen LogP contribution in [0.15, 0.2) is 0 Å². The highest BCUT2D eigenvalue weighted by molar-refractivity contribution is 5.83. The van der Waals surface area contributed by atoms with Crippen molar-refractivity contribution in [3.8, 4) is 0 Å². The summed E-state index contributed by atoms with van der Waals surface area (Å²) in [6.45, 7) is 4.64. The average molecular weight is 281 g/mol. The topological polar surface area (TPSA) is 61.4 Å². The summed E-state index contributed by atoms with van der Waals surface area (Å²) in [5.74, 6) is 0.384. The molecule has 0 aromatic heterocycles. The van der Waals surface area contributed by atoms with Crippen molar-refractivity contribution in [2.45, 2.75) is 51.5 Å². The molecule has 5 nitrogen and oxygen atoms in total. The molecule has 0 saturated carbocycles. The third-order valence-corrected chi connectivity index (χ3v) is 4.73. The Labute approximate surface area is 121 Å². The van der Waals surface area contributed by atoms with Gasteiger partial charge in [0.15, 0.2) is 0 Å². The molecule has 2 aliphatic rings. The van der Waals surface area contributed by atoms with Gasteiger partial charge < -0.3 is 15.5 Å². The minimum absolute atomic E-state index is 0.119. The quantitative estimate of drug-likeness (QED) is 0.804. The maximum atomic E-state index is 12.7. The number of likely N-dealkylation sites (tertiary alicyclic amines) is 1. The molecule has 20 heavy (non-hydrogen) atoms. The van der Waals surface area contributed by atoms with E-state index in [0.29, 0.717) is 13.0 Å². The molecule has 2 fully saturated rings. The summed E-state index contributed by atoms with van der Waals surface area (Å²) in [7, 11) is 1.81. The molecule has 5 heteroatoms. The summed E-state index contributed by atoms with van der Waals surface area (Å²) in [5.41, 5.74) is -0.194. The van der Waals surface area contributed by atoms with E-state index in [1.54, 1.807) is 4.90 Å². The van der Waals surface area contributed by atoms with Gasteiger partial charge in [0, 0.05) is 26.1 Å². The van der Waals surface area contributed by atoms with Crippen LogP contribution in [0.4, 0.5) is 0 Å². The van der Waals surface area contributed by atoms with E-state index < -0.39 is 0 Å². The third kappa shape index (κ3) is 3.32. The minimum Gasteiger partial charge on any atom is -0.351 e. The van der Waals surface area contributed by atoms with Crippen LogP contribution in [-0.2, 0) is 9.59 Å². The summed E-state index contributed by atoms with van der Waals surface area (Å²) in [6.07, 6.45) is 5.17. The van der Waals surface area contributed by atoms with Crippen molar-refractivity contribution < 1.29 is 9.59 Å². The number of hydrogen-bond donors (Lipinski definition) is 2. The van der Waals surface area contributed by atoms with E-state index in [9.17, 15) is 9.59 Å². The first kappa shape index (κ1) is 15.3. The van der Waals surface area contributed by atoms with E-state index in [-0.39, 0.29) is 23.3 Å². The van der Waals surface area contributed by atoms with Gasteiger partial charge in [-0.2, -0.15) is 0 Å². The number of nitrogens with zero attached hydrogens (tertiary/aromatic N) is 1. The lowest BCUT2D eigenvalue weighted by atomic mass is 9.74. The smallest absolute Gasteiger partial charge is 0.226 e. The number of hydrogen-bond acceptors (Lipinski definition) is 3. The Morgan fingerprint density at radius 3 is 2.75 bits per heavy atom. The van der Waals surface area contributed by atoms with E-state index in [1.165, 1.54) is 0 Å². The predicted octanol–water partition coefficient (Wildman–Crippen LogP) is 0.893. The fourth-order valence-corrected chi connectivity index (χ4v) is 3.44. The molecule has 2 saturated heterocycles. The minimum atomic E-state index is -0.194. The van der Waals surface area contributed by atoms with Gasteiger partial charge in [-0.15, -0.1) is 0 Å². The van der Waals surface area contributed by atoms with Gasteiger partial charge in [0.25, 0.3) is 0 Å². The molecule has 114 valence electrons. The maximum Gasteiger partial charge on any atom is 0.226 e. The highest BCUT2D eigenvalue weighted by Gasteiger charge is 2.39. The molecule has 2 aliphatic heterocycles. The van der Waals surface area contributed by atoms with E-state index in [2.05, 4.69) is 17.6 Å². The highest BCUT2D eigenvalue weighted by Crippen LogP contribution is 2.34. The number of amides is 2. The van der Waals surface area contributed by atoms with Crippen LogP contribution in [0.3, 0.4) is 0 Å². The molecule has 2 amide bonds. The van der Waals surface area contributed by atoms with Crippen LogP contribution in [0.25, 0.3) is 0 Å². The summed E-state index contributed by atoms with van der Waals surface area (Å²) in [6, 6.07) is 0.119. The SMILES string of the molecule is CCCC1(C(=O)NC2CCC(=O)N(C)C2)CCNCC1. The van der Waals surface area contributed by atoms with Crippen LogP contribution in [0, 0.1) is 5.41 Å². The molecule has 2 heterocycles. The zero-order valence-corrected chi connectivity index (χ0v) is 12.7. The normalized spacial score (nSPS) is 26.4. The Hall–Kier alpha value is -1.10. The Bertz CT molecular complexity index is 359. The standard InChI is InChI=1S/C15H27N3O2/c1-3-6-15(7-9-16-10-8-15)14(20)17-12-4-5-13(19)18(2)11-12/h12,16H,3-11H2,1-2H3,(H,17,20). The predicted molar refractivity (Wildman–Crippen MR) is 78.2 cm³/mol. The molecule has 0 spiro atoms. The van der Waals surface area contributed by atoms with E-state index in [0.717, 1.165) is 45.2 Å². The second-order valence-corrected chi connectivity index (χ2v) is 6.26. The van der Waals surface area contributed by atoms with Crippen LogP contribution < -0.4 is 10.6 Å². The van der Waals surface area contributed by atoms with Gasteiger partial charge >= 0.3 is 0 Å². The van der Waals surface area contributed by atoms with Crippen molar-refractivity contribution in [1.82, 2.24) is 15.5 Å². The fraction of sp³-hybridized carbons (Fsp3) is 0.867. The third-order valence-electron chi connectivity index (χ3n) is 4.73. The number of carbonyl (C=O) groups is 2. The molecule has 0 aliphatic carbocycles. The second-order valence-electron chi connectivity index (χ2n) is 6.26.